The Morgan fingerprint density at radius 1 is 1.19 bits per heavy atom. The van der Waals surface area contributed by atoms with E-state index >= 15 is 0 Å². The number of carbonyl (C=O) groups excluding carboxylic acids is 1. The average Bonchev–Trinajstić information content (AvgIpc) is 2.93. The van der Waals surface area contributed by atoms with Gasteiger partial charge in [0.2, 0.25) is 0 Å². The van der Waals surface area contributed by atoms with Gasteiger partial charge in [0.1, 0.15) is 10.6 Å². The number of Topliss-reactive ketones (excluding diaryl/α,β-unsaturated/α-hetero) is 1. The Labute approximate surface area is 170 Å². The summed E-state index contributed by atoms with van der Waals surface area (Å²) in [6.45, 7) is 3.96. The number of rotatable bonds is 3. The number of aromatic nitrogens is 2. The number of nitrogens with zero attached hydrogens (tertiary/aromatic N) is 2. The van der Waals surface area contributed by atoms with Crippen molar-refractivity contribution in [2.45, 2.75) is 49.9 Å². The summed E-state index contributed by atoms with van der Waals surface area (Å²) >= 11 is 8.98. The van der Waals surface area contributed by atoms with Crippen molar-refractivity contribution in [2.75, 3.05) is 0 Å². The molecule has 4 rings (SSSR count). The van der Waals surface area contributed by atoms with E-state index in [2.05, 4.69) is 0 Å². The molecule has 0 radical (unpaired) electrons. The molecule has 1 aliphatic rings. The monoisotopic (exact) mass is 418 g/mol. The first-order valence-corrected chi connectivity index (χ1v) is 11.0. The zero-order valence-electron chi connectivity index (χ0n) is 15.1. The van der Waals surface area contributed by atoms with Gasteiger partial charge in [-0.2, -0.15) is 0 Å². The molecule has 7 heteroatoms. The largest absolute Gasteiger partial charge is 0.298 e. The number of benzene rings is 1. The van der Waals surface area contributed by atoms with Gasteiger partial charge in [-0.3, -0.25) is 14.2 Å². The number of thioether (sulfide) groups is 1. The van der Waals surface area contributed by atoms with E-state index in [0.29, 0.717) is 27.7 Å². The number of hydrogen-bond acceptors (Lipinski definition) is 5. The third-order valence-corrected chi connectivity index (χ3v) is 7.62. The lowest BCUT2D eigenvalue weighted by Gasteiger charge is -2.21. The van der Waals surface area contributed by atoms with Gasteiger partial charge in [-0.15, -0.1) is 11.3 Å². The first-order valence-electron chi connectivity index (χ1n) is 8.94. The summed E-state index contributed by atoms with van der Waals surface area (Å²) in [5, 5.41) is 1.71. The lowest BCUT2D eigenvalue weighted by molar-refractivity contribution is -0.119. The SMILES string of the molecule is Cc1sc2nc(S[C@H]3CCCCC3=O)n(-c3ccc(Cl)cc3)c(=O)c2c1C. The summed E-state index contributed by atoms with van der Waals surface area (Å²) in [6.07, 6.45) is 3.44. The quantitative estimate of drug-likeness (QED) is 0.540. The average molecular weight is 419 g/mol. The fourth-order valence-corrected chi connectivity index (χ4v) is 5.80. The van der Waals surface area contributed by atoms with Crippen molar-refractivity contribution in [2.24, 2.45) is 0 Å². The number of fused-ring (bicyclic) bond motifs is 1. The van der Waals surface area contributed by atoms with Crippen LogP contribution in [0.3, 0.4) is 0 Å². The van der Waals surface area contributed by atoms with Gasteiger partial charge in [0.15, 0.2) is 5.16 Å². The molecule has 2 aromatic heterocycles. The standard InChI is InChI=1S/C20H19ClN2O2S2/c1-11-12(2)26-18-17(11)19(25)23(14-9-7-13(21)8-10-14)20(22-18)27-16-6-4-3-5-15(16)24/h7-10,16H,3-6H2,1-2H3/t16-/m0/s1. The number of carbonyl (C=O) groups is 1. The summed E-state index contributed by atoms with van der Waals surface area (Å²) in [4.78, 5) is 32.4. The smallest absolute Gasteiger partial charge is 0.267 e. The molecular formula is C20H19ClN2O2S2. The van der Waals surface area contributed by atoms with Gasteiger partial charge in [-0.05, 0) is 56.5 Å². The lowest BCUT2D eigenvalue weighted by Crippen LogP contribution is -2.26. The Balaban J connectivity index is 1.92. The molecule has 1 aromatic carbocycles. The van der Waals surface area contributed by atoms with Crippen LogP contribution in [-0.4, -0.2) is 20.6 Å². The van der Waals surface area contributed by atoms with E-state index in [-0.39, 0.29) is 16.6 Å². The van der Waals surface area contributed by atoms with E-state index in [9.17, 15) is 9.59 Å². The molecule has 1 aliphatic carbocycles. The molecule has 0 bridgehead atoms. The highest BCUT2D eigenvalue weighted by Crippen LogP contribution is 2.34. The second-order valence-corrected chi connectivity index (χ2v) is 9.60. The third kappa shape index (κ3) is 3.46. The van der Waals surface area contributed by atoms with E-state index in [1.165, 1.54) is 23.1 Å². The van der Waals surface area contributed by atoms with Crippen molar-refractivity contribution in [3.05, 3.63) is 50.1 Å². The molecule has 2 heterocycles. The minimum atomic E-state index is -0.135. The predicted molar refractivity (Wildman–Crippen MR) is 113 cm³/mol. The molecule has 0 aliphatic heterocycles. The van der Waals surface area contributed by atoms with Crippen LogP contribution in [0.1, 0.15) is 36.1 Å². The number of aryl methyl sites for hydroxylation is 2. The number of ketones is 1. The fraction of sp³-hybridized carbons (Fsp3) is 0.350. The Kier molecular flexibility index (Phi) is 5.14. The maximum absolute atomic E-state index is 13.4. The number of halogens is 1. The van der Waals surface area contributed by atoms with Crippen molar-refractivity contribution < 1.29 is 4.79 Å². The van der Waals surface area contributed by atoms with E-state index in [1.54, 1.807) is 16.7 Å². The van der Waals surface area contributed by atoms with Crippen molar-refractivity contribution in [3.63, 3.8) is 0 Å². The van der Waals surface area contributed by atoms with Crippen LogP contribution in [0.2, 0.25) is 5.02 Å². The van der Waals surface area contributed by atoms with E-state index in [0.717, 1.165) is 34.5 Å². The molecule has 27 heavy (non-hydrogen) atoms. The first-order chi connectivity index (χ1) is 13.0. The highest BCUT2D eigenvalue weighted by atomic mass is 35.5. The Bertz CT molecular complexity index is 1090. The number of thiophene rings is 1. The lowest BCUT2D eigenvalue weighted by atomic mass is 9.99. The van der Waals surface area contributed by atoms with Gasteiger partial charge in [0.05, 0.1) is 16.3 Å². The second kappa shape index (κ2) is 7.41. The molecule has 1 saturated carbocycles. The van der Waals surface area contributed by atoms with Crippen molar-refractivity contribution in [1.29, 1.82) is 0 Å². The first kappa shape index (κ1) is 18.7. The summed E-state index contributed by atoms with van der Waals surface area (Å²) in [5.74, 6) is 0.252. The zero-order valence-corrected chi connectivity index (χ0v) is 17.5. The van der Waals surface area contributed by atoms with E-state index < -0.39 is 0 Å². The molecule has 1 atom stereocenters. The van der Waals surface area contributed by atoms with Crippen LogP contribution in [0.15, 0.2) is 34.2 Å². The number of hydrogen-bond donors (Lipinski definition) is 0. The van der Waals surface area contributed by atoms with Crippen molar-refractivity contribution in [1.82, 2.24) is 9.55 Å². The van der Waals surface area contributed by atoms with Gasteiger partial charge in [0, 0.05) is 16.3 Å². The van der Waals surface area contributed by atoms with Crippen LogP contribution in [0.4, 0.5) is 0 Å². The molecule has 0 unspecified atom stereocenters. The minimum Gasteiger partial charge on any atom is -0.298 e. The highest BCUT2D eigenvalue weighted by molar-refractivity contribution is 8.00. The molecule has 0 saturated heterocycles. The van der Waals surface area contributed by atoms with E-state index in [4.69, 9.17) is 16.6 Å². The van der Waals surface area contributed by atoms with Crippen LogP contribution in [0.25, 0.3) is 15.9 Å². The van der Waals surface area contributed by atoms with Crippen LogP contribution < -0.4 is 5.56 Å². The van der Waals surface area contributed by atoms with Crippen molar-refractivity contribution in [3.8, 4) is 5.69 Å². The molecule has 1 fully saturated rings. The molecule has 0 spiro atoms. The van der Waals surface area contributed by atoms with E-state index in [1.807, 2.05) is 26.0 Å². The maximum atomic E-state index is 13.4. The molecule has 3 aromatic rings. The molecule has 0 amide bonds. The highest BCUT2D eigenvalue weighted by Gasteiger charge is 2.27. The summed E-state index contributed by atoms with van der Waals surface area (Å²) < 4.78 is 1.63. The van der Waals surface area contributed by atoms with Crippen molar-refractivity contribution >= 4 is 50.7 Å². The summed E-state index contributed by atoms with van der Waals surface area (Å²) in [7, 11) is 0. The van der Waals surface area contributed by atoms with Crippen LogP contribution in [0.5, 0.6) is 0 Å². The summed E-state index contributed by atoms with van der Waals surface area (Å²) in [5.41, 5.74) is 1.60. The van der Waals surface area contributed by atoms with Crippen LogP contribution in [-0.2, 0) is 4.79 Å². The predicted octanol–water partition coefficient (Wildman–Crippen LogP) is 5.32. The normalized spacial score (nSPS) is 17.6. The minimum absolute atomic E-state index is 0.0880. The molecular weight excluding hydrogens is 400 g/mol. The van der Waals surface area contributed by atoms with Crippen LogP contribution in [0, 0.1) is 13.8 Å². The van der Waals surface area contributed by atoms with Crippen LogP contribution >= 0.6 is 34.7 Å². The van der Waals surface area contributed by atoms with Gasteiger partial charge >= 0.3 is 0 Å². The topological polar surface area (TPSA) is 52.0 Å². The maximum Gasteiger partial charge on any atom is 0.267 e. The molecule has 140 valence electrons. The molecule has 4 nitrogen and oxygen atoms in total. The summed E-state index contributed by atoms with van der Waals surface area (Å²) in [6, 6.07) is 7.16. The van der Waals surface area contributed by atoms with Gasteiger partial charge in [-0.25, -0.2) is 4.98 Å². The molecule has 0 N–H and O–H groups in total. The third-order valence-electron chi connectivity index (χ3n) is 5.00. The van der Waals surface area contributed by atoms with Gasteiger partial charge < -0.3 is 0 Å². The Hall–Kier alpha value is -1.63. The van der Waals surface area contributed by atoms with Gasteiger partial charge in [-0.1, -0.05) is 29.8 Å². The van der Waals surface area contributed by atoms with Gasteiger partial charge in [0.25, 0.3) is 5.56 Å². The second-order valence-electron chi connectivity index (χ2n) is 6.79. The Morgan fingerprint density at radius 2 is 1.93 bits per heavy atom. The fourth-order valence-electron chi connectivity index (χ4n) is 3.37. The zero-order chi connectivity index (χ0) is 19.1. The Morgan fingerprint density at radius 3 is 2.63 bits per heavy atom.